The van der Waals surface area contributed by atoms with Crippen molar-refractivity contribution in [3.8, 4) is 0 Å². The monoisotopic (exact) mass is 327 g/mol. The Morgan fingerprint density at radius 2 is 1.74 bits per heavy atom. The molecule has 1 amide bonds. The van der Waals surface area contributed by atoms with Gasteiger partial charge in [0.05, 0.1) is 0 Å². The molecule has 4 nitrogen and oxygen atoms in total. The first-order valence-corrected chi connectivity index (χ1v) is 9.21. The van der Waals surface area contributed by atoms with Crippen molar-refractivity contribution in [1.29, 1.82) is 0 Å². The topological polar surface area (TPSA) is 46.1 Å². The van der Waals surface area contributed by atoms with Crippen molar-refractivity contribution in [2.24, 2.45) is 0 Å². The van der Waals surface area contributed by atoms with Gasteiger partial charge in [0.25, 0.3) is 5.91 Å². The first-order valence-electron chi connectivity index (χ1n) is 8.40. The molecule has 0 radical (unpaired) electrons. The lowest BCUT2D eigenvalue weighted by atomic mass is 9.97. The highest BCUT2D eigenvalue weighted by Crippen LogP contribution is 2.43. The minimum atomic E-state index is 0.156. The summed E-state index contributed by atoms with van der Waals surface area (Å²) in [4.78, 5) is 14.6. The molecule has 4 rings (SSSR count). The minimum absolute atomic E-state index is 0.156. The smallest absolute Gasteiger partial charge is 0.253 e. The number of piperidine rings is 1. The Morgan fingerprint density at radius 1 is 1.09 bits per heavy atom. The highest BCUT2D eigenvalue weighted by Gasteiger charge is 2.31. The maximum Gasteiger partial charge on any atom is 0.253 e. The van der Waals surface area contributed by atoms with Crippen LogP contribution in [0.2, 0.25) is 0 Å². The van der Waals surface area contributed by atoms with Gasteiger partial charge < -0.3 is 4.90 Å². The number of hydrogen-bond acceptors (Lipinski definition) is 4. The molecule has 23 heavy (non-hydrogen) atoms. The fraction of sp³-hybridized carbons (Fsp3) is 0.500. The van der Waals surface area contributed by atoms with Crippen LogP contribution in [-0.2, 0) is 0 Å². The van der Waals surface area contributed by atoms with Gasteiger partial charge in [0.1, 0.15) is 10.0 Å². The van der Waals surface area contributed by atoms with Crippen molar-refractivity contribution in [2.75, 3.05) is 13.1 Å². The largest absolute Gasteiger partial charge is 0.339 e. The Kier molecular flexibility index (Phi) is 3.89. The fourth-order valence-corrected chi connectivity index (χ4v) is 4.38. The molecule has 1 saturated carbocycles. The lowest BCUT2D eigenvalue weighted by molar-refractivity contribution is 0.0712. The number of aromatic nitrogens is 2. The van der Waals surface area contributed by atoms with E-state index in [-0.39, 0.29) is 5.91 Å². The molecule has 0 atom stereocenters. The van der Waals surface area contributed by atoms with Crippen molar-refractivity contribution in [3.05, 3.63) is 45.4 Å². The fourth-order valence-electron chi connectivity index (χ4n) is 3.20. The second-order valence-electron chi connectivity index (χ2n) is 6.69. The van der Waals surface area contributed by atoms with Gasteiger partial charge in [-0.05, 0) is 44.7 Å². The molecule has 1 aromatic carbocycles. The minimum Gasteiger partial charge on any atom is -0.339 e. The van der Waals surface area contributed by atoms with E-state index in [2.05, 4.69) is 10.2 Å². The predicted octanol–water partition coefficient (Wildman–Crippen LogP) is 3.74. The van der Waals surface area contributed by atoms with Gasteiger partial charge in [-0.15, -0.1) is 21.5 Å². The molecule has 0 unspecified atom stereocenters. The van der Waals surface area contributed by atoms with Gasteiger partial charge in [-0.25, -0.2) is 0 Å². The molecule has 5 heteroatoms. The van der Waals surface area contributed by atoms with E-state index in [1.165, 1.54) is 22.9 Å². The van der Waals surface area contributed by atoms with Gasteiger partial charge in [-0.1, -0.05) is 17.7 Å². The first kappa shape index (κ1) is 14.8. The lowest BCUT2D eigenvalue weighted by Gasteiger charge is -2.31. The Balaban J connectivity index is 1.39. The van der Waals surface area contributed by atoms with E-state index in [0.29, 0.717) is 11.8 Å². The third-order valence-electron chi connectivity index (χ3n) is 4.78. The van der Waals surface area contributed by atoms with E-state index >= 15 is 0 Å². The Bertz CT molecular complexity index is 715. The van der Waals surface area contributed by atoms with Crippen LogP contribution in [0.15, 0.2) is 24.3 Å². The molecule has 1 aromatic heterocycles. The zero-order chi connectivity index (χ0) is 15.8. The van der Waals surface area contributed by atoms with Crippen molar-refractivity contribution in [1.82, 2.24) is 15.1 Å². The molecular formula is C18H21N3OS. The Morgan fingerprint density at radius 3 is 2.35 bits per heavy atom. The van der Waals surface area contributed by atoms with Crippen LogP contribution in [0.4, 0.5) is 0 Å². The van der Waals surface area contributed by atoms with E-state index in [1.807, 2.05) is 36.1 Å². The summed E-state index contributed by atoms with van der Waals surface area (Å²) >= 11 is 1.79. The molecule has 1 aliphatic heterocycles. The molecular weight excluding hydrogens is 306 g/mol. The number of likely N-dealkylation sites (tertiary alicyclic amines) is 1. The standard InChI is InChI=1S/C18H21N3OS/c1-12-3-2-4-15(11-12)18(22)21-9-7-14(8-10-21)17-20-19-16(23-17)13-5-6-13/h2-4,11,13-14H,5-10H2,1H3. The van der Waals surface area contributed by atoms with Crippen LogP contribution in [0.3, 0.4) is 0 Å². The second kappa shape index (κ2) is 6.04. The third-order valence-corrected chi connectivity index (χ3v) is 6.03. The molecule has 2 aliphatic rings. The molecule has 2 fully saturated rings. The number of benzene rings is 1. The number of rotatable bonds is 3. The van der Waals surface area contributed by atoms with Crippen LogP contribution in [-0.4, -0.2) is 34.1 Å². The number of amides is 1. The van der Waals surface area contributed by atoms with Gasteiger partial charge in [0.2, 0.25) is 0 Å². The van der Waals surface area contributed by atoms with Gasteiger partial charge in [-0.3, -0.25) is 4.79 Å². The molecule has 0 bridgehead atoms. The number of carbonyl (C=O) groups is 1. The van der Waals surface area contributed by atoms with Crippen LogP contribution >= 0.6 is 11.3 Å². The summed E-state index contributed by atoms with van der Waals surface area (Å²) in [6.07, 6.45) is 4.55. The summed E-state index contributed by atoms with van der Waals surface area (Å²) in [6, 6.07) is 7.86. The highest BCUT2D eigenvalue weighted by molar-refractivity contribution is 7.11. The van der Waals surface area contributed by atoms with Crippen LogP contribution < -0.4 is 0 Å². The predicted molar refractivity (Wildman–Crippen MR) is 90.9 cm³/mol. The maximum absolute atomic E-state index is 12.6. The molecule has 2 aromatic rings. The van der Waals surface area contributed by atoms with E-state index in [0.717, 1.165) is 37.1 Å². The molecule has 0 N–H and O–H groups in total. The average molecular weight is 327 g/mol. The number of nitrogens with zero attached hydrogens (tertiary/aromatic N) is 3. The number of hydrogen-bond donors (Lipinski definition) is 0. The Hall–Kier alpha value is -1.75. The maximum atomic E-state index is 12.6. The van der Waals surface area contributed by atoms with E-state index in [4.69, 9.17) is 0 Å². The van der Waals surface area contributed by atoms with Crippen molar-refractivity contribution >= 4 is 17.2 Å². The third kappa shape index (κ3) is 3.15. The van der Waals surface area contributed by atoms with Crippen molar-refractivity contribution in [2.45, 2.75) is 44.4 Å². The number of carbonyl (C=O) groups excluding carboxylic acids is 1. The summed E-state index contributed by atoms with van der Waals surface area (Å²) in [6.45, 7) is 3.65. The SMILES string of the molecule is Cc1cccc(C(=O)N2CCC(c3nnc(C4CC4)s3)CC2)c1. The summed E-state index contributed by atoms with van der Waals surface area (Å²) in [7, 11) is 0. The van der Waals surface area contributed by atoms with Crippen LogP contribution in [0.25, 0.3) is 0 Å². The summed E-state index contributed by atoms with van der Waals surface area (Å²) in [5, 5.41) is 11.2. The molecule has 1 aliphatic carbocycles. The van der Waals surface area contributed by atoms with Crippen LogP contribution in [0, 0.1) is 6.92 Å². The van der Waals surface area contributed by atoms with Gasteiger partial charge in [-0.2, -0.15) is 0 Å². The van der Waals surface area contributed by atoms with Crippen molar-refractivity contribution in [3.63, 3.8) is 0 Å². The first-order chi connectivity index (χ1) is 11.2. The normalized spacial score (nSPS) is 19.1. The zero-order valence-corrected chi connectivity index (χ0v) is 14.2. The summed E-state index contributed by atoms with van der Waals surface area (Å²) in [5.74, 6) is 1.31. The van der Waals surface area contributed by atoms with Gasteiger partial charge >= 0.3 is 0 Å². The van der Waals surface area contributed by atoms with Gasteiger partial charge in [0.15, 0.2) is 0 Å². The van der Waals surface area contributed by atoms with Crippen LogP contribution in [0.5, 0.6) is 0 Å². The van der Waals surface area contributed by atoms with E-state index in [1.54, 1.807) is 11.3 Å². The molecule has 2 heterocycles. The quantitative estimate of drug-likeness (QED) is 0.862. The molecule has 0 spiro atoms. The van der Waals surface area contributed by atoms with Gasteiger partial charge in [0, 0.05) is 30.5 Å². The lowest BCUT2D eigenvalue weighted by Crippen LogP contribution is -2.37. The average Bonchev–Trinajstić information content (AvgIpc) is 3.32. The number of aryl methyl sites for hydroxylation is 1. The van der Waals surface area contributed by atoms with E-state index < -0.39 is 0 Å². The molecule has 120 valence electrons. The van der Waals surface area contributed by atoms with Crippen molar-refractivity contribution < 1.29 is 4.79 Å². The van der Waals surface area contributed by atoms with E-state index in [9.17, 15) is 4.79 Å². The highest BCUT2D eigenvalue weighted by atomic mass is 32.1. The second-order valence-corrected chi connectivity index (χ2v) is 7.73. The molecule has 1 saturated heterocycles. The summed E-state index contributed by atoms with van der Waals surface area (Å²) < 4.78 is 0. The zero-order valence-electron chi connectivity index (χ0n) is 13.4. The Labute approximate surface area is 140 Å². The summed E-state index contributed by atoms with van der Waals surface area (Å²) in [5.41, 5.74) is 1.93. The van der Waals surface area contributed by atoms with Crippen LogP contribution in [0.1, 0.15) is 63.5 Å².